The van der Waals surface area contributed by atoms with Crippen molar-refractivity contribution >= 4 is 5.97 Å². The average molecular weight is 585 g/mol. The van der Waals surface area contributed by atoms with Crippen LogP contribution in [-0.4, -0.2) is 59.4 Å². The number of carbonyl (C=O) groups excluding carboxylic acids is 1. The molecule has 0 radical (unpaired) electrons. The van der Waals surface area contributed by atoms with E-state index in [1.165, 1.54) is 24.8 Å². The molecule has 0 saturated carbocycles. The number of hydrogen-bond acceptors (Lipinski definition) is 6. The highest BCUT2D eigenvalue weighted by Crippen LogP contribution is 2.47. The summed E-state index contributed by atoms with van der Waals surface area (Å²) >= 11 is 0. The van der Waals surface area contributed by atoms with Crippen LogP contribution in [0.5, 0.6) is 0 Å². The minimum Gasteiger partial charge on any atom is -0.462 e. The number of aliphatic hydroxyl groups excluding tert-OH is 1. The van der Waals surface area contributed by atoms with Crippen LogP contribution >= 0.6 is 0 Å². The largest absolute Gasteiger partial charge is 0.462 e. The second-order valence-electron chi connectivity index (χ2n) is 12.7. The van der Waals surface area contributed by atoms with E-state index in [4.69, 9.17) is 14.2 Å². The first-order chi connectivity index (χ1) is 20.1. The first kappa shape index (κ1) is 34.5. The predicted molar refractivity (Wildman–Crippen MR) is 169 cm³/mol. The quantitative estimate of drug-likeness (QED) is 0.185. The van der Waals surface area contributed by atoms with Crippen molar-refractivity contribution in [1.82, 2.24) is 0 Å². The van der Waals surface area contributed by atoms with Gasteiger partial charge in [-0.05, 0) is 75.0 Å². The van der Waals surface area contributed by atoms with E-state index in [-0.39, 0.29) is 31.5 Å². The fourth-order valence-corrected chi connectivity index (χ4v) is 6.38. The molecule has 0 aromatic rings. The molecule has 4 rings (SSSR count). The predicted octanol–water partition coefficient (Wildman–Crippen LogP) is 7.32. The fraction of sp³-hybridized carbons (Fsp3) is 0.694. The van der Waals surface area contributed by atoms with Crippen LogP contribution in [0.3, 0.4) is 0 Å². The number of unbranched alkanes of at least 4 members (excludes halogenated alkanes) is 1. The maximum absolute atomic E-state index is 13.6. The highest BCUT2D eigenvalue weighted by Gasteiger charge is 2.58. The maximum atomic E-state index is 13.6. The van der Waals surface area contributed by atoms with Crippen LogP contribution in [0.25, 0.3) is 0 Å². The summed E-state index contributed by atoms with van der Waals surface area (Å²) in [5.41, 5.74) is 2.03. The Morgan fingerprint density at radius 1 is 1.17 bits per heavy atom. The zero-order valence-electron chi connectivity index (χ0n) is 26.8. The summed E-state index contributed by atoms with van der Waals surface area (Å²) in [6.45, 7) is 15.4. The number of fused-ring (bicyclic) bond motifs is 2. The van der Waals surface area contributed by atoms with Crippen LogP contribution < -0.4 is 0 Å². The lowest BCUT2D eigenvalue weighted by atomic mass is 9.70. The van der Waals surface area contributed by atoms with Crippen molar-refractivity contribution in [3.05, 3.63) is 59.3 Å². The van der Waals surface area contributed by atoms with Crippen LogP contribution in [0, 0.1) is 11.8 Å². The van der Waals surface area contributed by atoms with Crippen molar-refractivity contribution < 1.29 is 29.2 Å². The highest BCUT2D eigenvalue weighted by molar-refractivity contribution is 5.79. The van der Waals surface area contributed by atoms with Crippen molar-refractivity contribution in [3.8, 4) is 0 Å². The molecule has 236 valence electrons. The number of aliphatic hydroxyl groups is 2. The second-order valence-corrected chi connectivity index (χ2v) is 12.7. The van der Waals surface area contributed by atoms with Crippen LogP contribution in [0.1, 0.15) is 105 Å². The summed E-state index contributed by atoms with van der Waals surface area (Å²) in [7, 11) is 0. The lowest BCUT2D eigenvalue weighted by Gasteiger charge is -2.41. The Morgan fingerprint density at radius 3 is 2.64 bits per heavy atom. The highest BCUT2D eigenvalue weighted by atomic mass is 16.6. The van der Waals surface area contributed by atoms with Crippen molar-refractivity contribution in [2.75, 3.05) is 13.2 Å². The fourth-order valence-electron chi connectivity index (χ4n) is 6.38. The average Bonchev–Trinajstić information content (AvgIpc) is 3.30. The third kappa shape index (κ3) is 9.01. The molecule has 4 unspecified atom stereocenters. The first-order valence-corrected chi connectivity index (χ1v) is 16.3. The van der Waals surface area contributed by atoms with E-state index in [0.29, 0.717) is 24.0 Å². The van der Waals surface area contributed by atoms with E-state index >= 15 is 0 Å². The van der Waals surface area contributed by atoms with E-state index < -0.39 is 23.6 Å². The molecule has 0 amide bonds. The summed E-state index contributed by atoms with van der Waals surface area (Å²) in [6, 6.07) is 0. The van der Waals surface area contributed by atoms with Gasteiger partial charge in [-0.15, -0.1) is 0 Å². The molecule has 42 heavy (non-hydrogen) atoms. The van der Waals surface area contributed by atoms with Gasteiger partial charge in [0.05, 0.1) is 18.8 Å². The van der Waals surface area contributed by atoms with Gasteiger partial charge in [0, 0.05) is 19.4 Å². The van der Waals surface area contributed by atoms with Crippen LogP contribution in [0.4, 0.5) is 0 Å². The first-order valence-electron chi connectivity index (χ1n) is 16.3. The number of hydrogen-bond donors (Lipinski definition) is 2. The molecule has 6 nitrogen and oxygen atoms in total. The molecule has 0 aromatic heterocycles. The van der Waals surface area contributed by atoms with E-state index in [9.17, 15) is 15.0 Å². The van der Waals surface area contributed by atoms with Gasteiger partial charge in [-0.1, -0.05) is 82.6 Å². The Labute approximate surface area is 254 Å². The van der Waals surface area contributed by atoms with Crippen LogP contribution in [-0.2, 0) is 19.0 Å². The zero-order chi connectivity index (χ0) is 30.7. The molecule has 7 atom stereocenters. The number of ether oxygens (including phenoxy) is 3. The maximum Gasteiger partial charge on any atom is 0.316 e. The van der Waals surface area contributed by atoms with E-state index in [2.05, 4.69) is 46.4 Å². The van der Waals surface area contributed by atoms with E-state index in [1.54, 1.807) is 6.08 Å². The lowest BCUT2D eigenvalue weighted by molar-refractivity contribution is -0.173. The summed E-state index contributed by atoms with van der Waals surface area (Å²) in [4.78, 5) is 13.6. The topological polar surface area (TPSA) is 85.2 Å². The third-order valence-electron chi connectivity index (χ3n) is 9.29. The summed E-state index contributed by atoms with van der Waals surface area (Å²) < 4.78 is 18.4. The van der Waals surface area contributed by atoms with E-state index in [1.807, 2.05) is 19.1 Å². The molecule has 2 saturated heterocycles. The number of rotatable bonds is 7. The molecule has 0 aromatic carbocycles. The van der Waals surface area contributed by atoms with Gasteiger partial charge in [-0.2, -0.15) is 0 Å². The van der Waals surface area contributed by atoms with Crippen LogP contribution in [0.2, 0.25) is 0 Å². The SMILES string of the molecule is C=C1C(C)=CC2C(=O)OC3CC(C/C=C(\C)CC/C=C/C=C4\CO[C@H]1[C@@]42O)OC(CCCCO)C3.CCC[C@@H](C)CC. The zero-order valence-corrected chi connectivity index (χ0v) is 26.8. The second kappa shape index (κ2) is 16.7. The molecule has 3 aliphatic heterocycles. The van der Waals surface area contributed by atoms with Gasteiger partial charge >= 0.3 is 5.97 Å². The Morgan fingerprint density at radius 2 is 1.95 bits per heavy atom. The standard InChI is InChI=1S/C29H40O6.C7H16/c1-19-9-5-4-6-10-22-18-33-27-21(3)20(2)15-26(29(22,27)32)28(31)35-25-16-23(11-7-8-14-30)34-24(17-25)13-12-19;1-4-6-7(3)5-2/h4,6,10,12,15,23-27,30,32H,3,5,7-9,11,13-14,16-18H2,1-2H3;7H,4-6H2,1-3H3/b6-4+,19-12+,22-10+;/t23?,24?,25?,26?,27-,29-;7-/m10/s1. The van der Waals surface area contributed by atoms with Gasteiger partial charge in [-0.25, -0.2) is 0 Å². The van der Waals surface area contributed by atoms with Gasteiger partial charge in [0.25, 0.3) is 0 Å². The minimum atomic E-state index is -1.50. The number of carbonyl (C=O) groups is 1. The Bertz CT molecular complexity index is 1020. The van der Waals surface area contributed by atoms with Crippen molar-refractivity contribution in [1.29, 1.82) is 0 Å². The smallest absolute Gasteiger partial charge is 0.316 e. The molecule has 2 bridgehead atoms. The molecule has 2 fully saturated rings. The Hall–Kier alpha value is -1.99. The van der Waals surface area contributed by atoms with Gasteiger partial charge < -0.3 is 24.4 Å². The molecule has 3 heterocycles. The summed E-state index contributed by atoms with van der Waals surface area (Å²) in [5, 5.41) is 21.1. The Balaban J connectivity index is 0.000000616. The van der Waals surface area contributed by atoms with Gasteiger partial charge in [0.1, 0.15) is 23.7 Å². The number of allylic oxidation sites excluding steroid dienone is 4. The molecule has 6 heteroatoms. The van der Waals surface area contributed by atoms with Crippen LogP contribution in [0.15, 0.2) is 59.3 Å². The van der Waals surface area contributed by atoms with Gasteiger partial charge in [0.2, 0.25) is 0 Å². The molecule has 4 aliphatic rings. The number of esters is 1. The third-order valence-corrected chi connectivity index (χ3v) is 9.29. The Kier molecular flexibility index (Phi) is 13.8. The normalized spacial score (nSPS) is 35.7. The molecular formula is C36H56O6. The van der Waals surface area contributed by atoms with Crippen molar-refractivity contribution in [3.63, 3.8) is 0 Å². The van der Waals surface area contributed by atoms with E-state index in [0.717, 1.165) is 50.0 Å². The monoisotopic (exact) mass is 584 g/mol. The molecule has 2 N–H and O–H groups in total. The van der Waals surface area contributed by atoms with Gasteiger partial charge in [-0.3, -0.25) is 4.79 Å². The molecular weight excluding hydrogens is 528 g/mol. The summed E-state index contributed by atoms with van der Waals surface area (Å²) in [5.74, 6) is -0.336. The molecule has 1 aliphatic carbocycles. The summed E-state index contributed by atoms with van der Waals surface area (Å²) in [6.07, 6.45) is 19.4. The lowest BCUT2D eigenvalue weighted by Crippen LogP contribution is -2.53. The van der Waals surface area contributed by atoms with Gasteiger partial charge in [0.15, 0.2) is 0 Å². The van der Waals surface area contributed by atoms with Crippen molar-refractivity contribution in [2.45, 2.75) is 135 Å². The van der Waals surface area contributed by atoms with Crippen molar-refractivity contribution in [2.24, 2.45) is 11.8 Å². The molecule has 0 spiro atoms. The minimum absolute atomic E-state index is 0.0156.